The highest BCUT2D eigenvalue weighted by molar-refractivity contribution is 7.90. The molecule has 0 aliphatic rings. The molecule has 0 heterocycles. The summed E-state index contributed by atoms with van der Waals surface area (Å²) in [6.07, 6.45) is -6.97. The smallest absolute Gasteiger partial charge is 0.224 e. The van der Waals surface area contributed by atoms with Gasteiger partial charge in [0, 0.05) is 11.8 Å². The number of alkyl halides is 13. The maximum atomic E-state index is 13.8. The Kier molecular flexibility index (Phi) is 5.79. The summed E-state index contributed by atoms with van der Waals surface area (Å²) in [5.41, 5.74) is -2.25. The lowest BCUT2D eigenvalue weighted by Crippen LogP contribution is -2.69. The minimum absolute atomic E-state index is 0.176. The van der Waals surface area contributed by atoms with E-state index in [4.69, 9.17) is 0 Å². The van der Waals surface area contributed by atoms with Crippen LogP contribution < -0.4 is 0 Å². The molecule has 0 aliphatic carbocycles. The number of hydrogen-bond donors (Lipinski definition) is 0. The summed E-state index contributed by atoms with van der Waals surface area (Å²) >= 11 is 0. The number of benzene rings is 1. The van der Waals surface area contributed by atoms with E-state index < -0.39 is 56.1 Å². The highest BCUT2D eigenvalue weighted by Gasteiger charge is 2.90. The molecule has 168 valence electrons. The second-order valence-electron chi connectivity index (χ2n) is 5.67. The van der Waals surface area contributed by atoms with Crippen LogP contribution in [0.4, 0.5) is 57.1 Å². The van der Waals surface area contributed by atoms with E-state index in [1.54, 1.807) is 0 Å². The maximum Gasteiger partial charge on any atom is 0.460 e. The molecule has 0 unspecified atom stereocenters. The minimum Gasteiger partial charge on any atom is -0.224 e. The Labute approximate surface area is 153 Å². The normalized spacial score (nSPS) is 15.5. The van der Waals surface area contributed by atoms with Crippen LogP contribution in [0.5, 0.6) is 0 Å². The summed E-state index contributed by atoms with van der Waals surface area (Å²) in [5.74, 6) is -37.6. The monoisotopic (exact) mass is 474 g/mol. The molecule has 1 aromatic carbocycles. The zero-order valence-electron chi connectivity index (χ0n) is 13.4. The molecule has 0 radical (unpaired) electrons. The third-order valence-electron chi connectivity index (χ3n) is 3.58. The molecule has 0 bridgehead atoms. The molecule has 0 saturated heterocycles. The van der Waals surface area contributed by atoms with Crippen molar-refractivity contribution >= 4 is 9.84 Å². The van der Waals surface area contributed by atoms with Crippen LogP contribution in [0.1, 0.15) is 5.56 Å². The average molecular weight is 474 g/mol. The molecule has 0 fully saturated rings. The molecular weight excluding hydrogens is 467 g/mol. The molecule has 2 nitrogen and oxygen atoms in total. The Hall–Kier alpha value is -1.74. The molecule has 0 aromatic heterocycles. The first-order chi connectivity index (χ1) is 12.5. The largest absolute Gasteiger partial charge is 0.460 e. The number of hydrogen-bond acceptors (Lipinski definition) is 2. The van der Waals surface area contributed by atoms with Crippen molar-refractivity contribution in [3.05, 3.63) is 29.8 Å². The van der Waals surface area contributed by atoms with Gasteiger partial charge in [-0.15, -0.1) is 0 Å². The van der Waals surface area contributed by atoms with Gasteiger partial charge in [0.1, 0.15) is 0 Å². The van der Waals surface area contributed by atoms with Gasteiger partial charge in [-0.1, -0.05) is 12.1 Å². The van der Waals surface area contributed by atoms with E-state index >= 15 is 0 Å². The maximum absolute atomic E-state index is 13.8. The fourth-order valence-corrected chi connectivity index (χ4v) is 2.49. The first-order valence-electron chi connectivity index (χ1n) is 6.72. The van der Waals surface area contributed by atoms with Crippen LogP contribution in [0.2, 0.25) is 0 Å². The predicted molar refractivity (Wildman–Crippen MR) is 69.3 cm³/mol. The summed E-state index contributed by atoms with van der Waals surface area (Å²) in [6.45, 7) is 0. The third kappa shape index (κ3) is 3.63. The third-order valence-corrected chi connectivity index (χ3v) is 4.71. The Balaban J connectivity index is 3.58. The van der Waals surface area contributed by atoms with Gasteiger partial charge in [-0.3, -0.25) is 0 Å². The molecule has 0 aliphatic heterocycles. The van der Waals surface area contributed by atoms with Gasteiger partial charge in [-0.2, -0.15) is 57.1 Å². The lowest BCUT2D eigenvalue weighted by molar-refractivity contribution is -0.441. The molecule has 16 heteroatoms. The lowest BCUT2D eigenvalue weighted by atomic mass is 9.90. The van der Waals surface area contributed by atoms with Crippen LogP contribution in [0, 0.1) is 0 Å². The molecule has 1 rings (SSSR count). The molecule has 0 saturated carbocycles. The van der Waals surface area contributed by atoms with E-state index in [9.17, 15) is 65.5 Å². The molecule has 0 amide bonds. The van der Waals surface area contributed by atoms with Gasteiger partial charge in [-0.25, -0.2) is 8.42 Å². The van der Waals surface area contributed by atoms with Crippen molar-refractivity contribution in [2.45, 2.75) is 40.7 Å². The van der Waals surface area contributed by atoms with E-state index in [-0.39, 0.29) is 24.3 Å². The Bertz CT molecular complexity index is 854. The standard InChI is InChI=1S/C13H7F13O2S/c1-29(27,28)7-4-2-6(3-5-7)8(14,15)9(16,17)10(18,19)11(20,21)12(22,23)13(24,25)26/h2-5H,1H3. The summed E-state index contributed by atoms with van der Waals surface area (Å²) in [6, 6.07) is -0.0919. The van der Waals surface area contributed by atoms with Crippen molar-refractivity contribution in [3.63, 3.8) is 0 Å². The van der Waals surface area contributed by atoms with E-state index in [1.165, 1.54) is 0 Å². The second kappa shape index (κ2) is 6.63. The van der Waals surface area contributed by atoms with E-state index in [2.05, 4.69) is 0 Å². The SMILES string of the molecule is CS(=O)(=O)c1ccc(C(F)(F)C(F)(F)C(F)(F)C(F)(F)C(F)(F)C(F)(F)F)cc1. The summed E-state index contributed by atoms with van der Waals surface area (Å²) in [7, 11) is -4.11. The average Bonchev–Trinajstić information content (AvgIpc) is 2.52. The topological polar surface area (TPSA) is 34.1 Å². The minimum atomic E-state index is -7.99. The predicted octanol–water partition coefficient (Wildman–Crippen LogP) is 5.29. The summed E-state index contributed by atoms with van der Waals surface area (Å²) in [5, 5.41) is 0. The molecule has 0 spiro atoms. The van der Waals surface area contributed by atoms with Crippen LogP contribution in [0.15, 0.2) is 29.2 Å². The Morgan fingerprint density at radius 2 is 0.931 bits per heavy atom. The van der Waals surface area contributed by atoms with Crippen molar-refractivity contribution in [3.8, 4) is 0 Å². The van der Waals surface area contributed by atoms with Gasteiger partial charge in [0.05, 0.1) is 4.90 Å². The fourth-order valence-electron chi connectivity index (χ4n) is 1.86. The van der Waals surface area contributed by atoms with Gasteiger partial charge in [0.25, 0.3) is 0 Å². The molecule has 29 heavy (non-hydrogen) atoms. The van der Waals surface area contributed by atoms with Crippen LogP contribution >= 0.6 is 0 Å². The van der Waals surface area contributed by atoms with Gasteiger partial charge in [0.15, 0.2) is 9.84 Å². The van der Waals surface area contributed by atoms with Gasteiger partial charge >= 0.3 is 35.8 Å². The van der Waals surface area contributed by atoms with Gasteiger partial charge in [0.2, 0.25) is 0 Å². The summed E-state index contributed by atoms with van der Waals surface area (Å²) < 4.78 is 192. The summed E-state index contributed by atoms with van der Waals surface area (Å²) in [4.78, 5) is -0.805. The highest BCUT2D eigenvalue weighted by Crippen LogP contribution is 2.62. The van der Waals surface area contributed by atoms with Crippen molar-refractivity contribution in [1.29, 1.82) is 0 Å². The number of halogens is 13. The lowest BCUT2D eigenvalue weighted by Gasteiger charge is -2.39. The number of rotatable bonds is 6. The van der Waals surface area contributed by atoms with Crippen LogP contribution in [0.25, 0.3) is 0 Å². The molecule has 0 atom stereocenters. The van der Waals surface area contributed by atoms with E-state index in [0.717, 1.165) is 0 Å². The fraction of sp³-hybridized carbons (Fsp3) is 0.538. The van der Waals surface area contributed by atoms with Crippen molar-refractivity contribution in [1.82, 2.24) is 0 Å². The van der Waals surface area contributed by atoms with Crippen molar-refractivity contribution in [2.75, 3.05) is 6.26 Å². The second-order valence-corrected chi connectivity index (χ2v) is 7.68. The van der Waals surface area contributed by atoms with Gasteiger partial charge in [-0.05, 0) is 12.1 Å². The van der Waals surface area contributed by atoms with Crippen LogP contribution in [-0.4, -0.2) is 44.5 Å². The van der Waals surface area contributed by atoms with E-state index in [1.807, 2.05) is 0 Å². The zero-order chi connectivity index (χ0) is 23.5. The first kappa shape index (κ1) is 25.3. The van der Waals surface area contributed by atoms with Crippen molar-refractivity contribution < 1.29 is 65.5 Å². The Morgan fingerprint density at radius 3 is 1.24 bits per heavy atom. The quantitative estimate of drug-likeness (QED) is 0.526. The molecule has 0 N–H and O–H groups in total. The van der Waals surface area contributed by atoms with Crippen molar-refractivity contribution in [2.24, 2.45) is 0 Å². The highest BCUT2D eigenvalue weighted by atomic mass is 32.2. The van der Waals surface area contributed by atoms with Gasteiger partial charge < -0.3 is 0 Å². The number of sulfone groups is 1. The van der Waals surface area contributed by atoms with E-state index in [0.29, 0.717) is 6.26 Å². The zero-order valence-corrected chi connectivity index (χ0v) is 14.3. The molecular formula is C13H7F13O2S. The van der Waals surface area contributed by atoms with Crippen LogP contribution in [-0.2, 0) is 15.8 Å². The first-order valence-corrected chi connectivity index (χ1v) is 8.62. The molecule has 1 aromatic rings. The van der Waals surface area contributed by atoms with Crippen LogP contribution in [0.3, 0.4) is 0 Å². The Morgan fingerprint density at radius 1 is 0.586 bits per heavy atom.